The fraction of sp³-hybridized carbons (Fsp3) is 0.318. The van der Waals surface area contributed by atoms with Gasteiger partial charge in [0.05, 0.1) is 6.54 Å². The Labute approximate surface area is 160 Å². The molecule has 5 heteroatoms. The van der Waals surface area contributed by atoms with E-state index in [2.05, 4.69) is 42.2 Å². The van der Waals surface area contributed by atoms with Crippen LogP contribution in [0.4, 0.5) is 0 Å². The van der Waals surface area contributed by atoms with E-state index >= 15 is 0 Å². The lowest BCUT2D eigenvalue weighted by Gasteiger charge is -2.15. The molecule has 0 radical (unpaired) electrons. The van der Waals surface area contributed by atoms with Crippen LogP contribution in [0.5, 0.6) is 0 Å². The Balaban J connectivity index is 1.58. The summed E-state index contributed by atoms with van der Waals surface area (Å²) in [6.45, 7) is 6.50. The first-order valence-electron chi connectivity index (χ1n) is 9.12. The van der Waals surface area contributed by atoms with Crippen LogP contribution in [0.3, 0.4) is 0 Å². The summed E-state index contributed by atoms with van der Waals surface area (Å²) in [5, 5.41) is 4.05. The minimum Gasteiger partial charge on any atom is -0.337 e. The lowest BCUT2D eigenvalue weighted by molar-refractivity contribution is -0.130. The second-order valence-corrected chi connectivity index (χ2v) is 7.00. The number of nitrogens with zero attached hydrogens (tertiary/aromatic N) is 3. The summed E-state index contributed by atoms with van der Waals surface area (Å²) < 4.78 is 5.33. The van der Waals surface area contributed by atoms with Crippen LogP contribution in [-0.2, 0) is 17.8 Å². The number of aromatic nitrogens is 2. The number of amides is 1. The molecular weight excluding hydrogens is 338 g/mol. The number of hydrogen-bond donors (Lipinski definition) is 0. The zero-order valence-electron chi connectivity index (χ0n) is 16.3. The van der Waals surface area contributed by atoms with E-state index in [9.17, 15) is 4.79 Å². The van der Waals surface area contributed by atoms with E-state index in [0.29, 0.717) is 24.7 Å². The molecule has 0 N–H and O–H groups in total. The van der Waals surface area contributed by atoms with E-state index in [1.165, 1.54) is 16.7 Å². The van der Waals surface area contributed by atoms with Crippen LogP contribution in [0.2, 0.25) is 0 Å². The molecule has 140 valence electrons. The Kier molecular flexibility index (Phi) is 5.69. The quantitative estimate of drug-likeness (QED) is 0.657. The predicted molar refractivity (Wildman–Crippen MR) is 105 cm³/mol. The molecule has 5 nitrogen and oxygen atoms in total. The number of rotatable bonds is 6. The topological polar surface area (TPSA) is 59.2 Å². The second kappa shape index (κ2) is 8.16. The third kappa shape index (κ3) is 4.61. The molecule has 0 fully saturated rings. The van der Waals surface area contributed by atoms with Gasteiger partial charge in [-0.05, 0) is 49.4 Å². The first kappa shape index (κ1) is 18.8. The van der Waals surface area contributed by atoms with Crippen molar-refractivity contribution in [2.75, 3.05) is 7.05 Å². The normalized spacial score (nSPS) is 10.8. The minimum atomic E-state index is 0.0591. The molecule has 3 aromatic rings. The van der Waals surface area contributed by atoms with Crippen LogP contribution >= 0.6 is 0 Å². The summed E-state index contributed by atoms with van der Waals surface area (Å²) in [5.74, 6) is 1.05. The Bertz CT molecular complexity index is 946. The van der Waals surface area contributed by atoms with Gasteiger partial charge in [-0.3, -0.25) is 4.79 Å². The van der Waals surface area contributed by atoms with Gasteiger partial charge < -0.3 is 9.42 Å². The highest BCUT2D eigenvalue weighted by Gasteiger charge is 2.15. The van der Waals surface area contributed by atoms with Crippen LogP contribution in [0.15, 0.2) is 47.0 Å². The Morgan fingerprint density at radius 3 is 2.56 bits per heavy atom. The zero-order chi connectivity index (χ0) is 19.4. The van der Waals surface area contributed by atoms with Crippen LogP contribution < -0.4 is 0 Å². The number of carbonyl (C=O) groups is 1. The summed E-state index contributed by atoms with van der Waals surface area (Å²) in [6.07, 6.45) is 1.18. The Hall–Kier alpha value is -2.95. The van der Waals surface area contributed by atoms with Crippen molar-refractivity contribution in [1.82, 2.24) is 15.0 Å². The zero-order valence-corrected chi connectivity index (χ0v) is 16.3. The van der Waals surface area contributed by atoms with Gasteiger partial charge in [-0.15, -0.1) is 0 Å². The summed E-state index contributed by atoms with van der Waals surface area (Å²) in [5.41, 5.74) is 5.73. The van der Waals surface area contributed by atoms with E-state index in [4.69, 9.17) is 4.52 Å². The first-order valence-corrected chi connectivity index (χ1v) is 9.12. The molecular formula is C22H25N3O2. The van der Waals surface area contributed by atoms with Crippen LogP contribution in [0.25, 0.3) is 11.4 Å². The molecule has 3 rings (SSSR count). The van der Waals surface area contributed by atoms with E-state index in [1.54, 1.807) is 11.9 Å². The monoisotopic (exact) mass is 363 g/mol. The largest absolute Gasteiger partial charge is 0.337 e. The van der Waals surface area contributed by atoms with Crippen LogP contribution in [-0.4, -0.2) is 28.0 Å². The third-order valence-corrected chi connectivity index (χ3v) is 4.85. The lowest BCUT2D eigenvalue weighted by atomic mass is 10.0. The van der Waals surface area contributed by atoms with Crippen molar-refractivity contribution in [3.05, 3.63) is 70.6 Å². The molecule has 27 heavy (non-hydrogen) atoms. The van der Waals surface area contributed by atoms with Crippen LogP contribution in [0.1, 0.15) is 34.6 Å². The maximum Gasteiger partial charge on any atom is 0.246 e. The van der Waals surface area contributed by atoms with E-state index in [0.717, 1.165) is 17.5 Å². The maximum atomic E-state index is 12.4. The van der Waals surface area contributed by atoms with Gasteiger partial charge in [-0.2, -0.15) is 4.98 Å². The van der Waals surface area contributed by atoms with Crippen molar-refractivity contribution in [3.63, 3.8) is 0 Å². The van der Waals surface area contributed by atoms with Gasteiger partial charge >= 0.3 is 0 Å². The standard InChI is InChI=1S/C22H25N3O2/c1-15-9-10-18(13-17(15)3)11-12-21(26)25(4)14-20-23-22(24-27-20)19-8-6-5-7-16(19)2/h5-10,13H,11-12,14H2,1-4H3. The fourth-order valence-corrected chi connectivity index (χ4v) is 2.94. The summed E-state index contributed by atoms with van der Waals surface area (Å²) in [7, 11) is 1.76. The van der Waals surface area contributed by atoms with Gasteiger partial charge in [0.1, 0.15) is 0 Å². The molecule has 0 spiro atoms. The highest BCUT2D eigenvalue weighted by Crippen LogP contribution is 2.20. The SMILES string of the molecule is Cc1ccc(CCC(=O)N(C)Cc2nc(-c3ccccc3C)no2)cc1C. The maximum absolute atomic E-state index is 12.4. The number of carbonyl (C=O) groups excluding carboxylic acids is 1. The number of benzene rings is 2. The molecule has 0 aliphatic heterocycles. The smallest absolute Gasteiger partial charge is 0.246 e. The molecule has 2 aromatic carbocycles. The van der Waals surface area contributed by atoms with Crippen molar-refractivity contribution in [3.8, 4) is 11.4 Å². The number of hydrogen-bond acceptors (Lipinski definition) is 4. The molecule has 1 amide bonds. The van der Waals surface area contributed by atoms with Gasteiger partial charge in [0.15, 0.2) is 0 Å². The molecule has 0 atom stereocenters. The van der Waals surface area contributed by atoms with Crippen molar-refractivity contribution >= 4 is 5.91 Å². The van der Waals surface area contributed by atoms with Crippen molar-refractivity contribution < 1.29 is 9.32 Å². The third-order valence-electron chi connectivity index (χ3n) is 4.85. The second-order valence-electron chi connectivity index (χ2n) is 7.00. The molecule has 0 saturated carbocycles. The molecule has 0 saturated heterocycles. The Morgan fingerprint density at radius 2 is 1.81 bits per heavy atom. The molecule has 1 aromatic heterocycles. The van der Waals surface area contributed by atoms with Gasteiger partial charge in [0.25, 0.3) is 0 Å². The summed E-state index contributed by atoms with van der Waals surface area (Å²) in [6, 6.07) is 14.2. The summed E-state index contributed by atoms with van der Waals surface area (Å²) in [4.78, 5) is 18.5. The van der Waals surface area contributed by atoms with E-state index in [1.807, 2.05) is 31.2 Å². The number of aryl methyl sites for hydroxylation is 4. The van der Waals surface area contributed by atoms with Gasteiger partial charge in [0, 0.05) is 19.0 Å². The Morgan fingerprint density at radius 1 is 1.04 bits per heavy atom. The van der Waals surface area contributed by atoms with Gasteiger partial charge in [0.2, 0.25) is 17.6 Å². The molecule has 0 aliphatic carbocycles. The molecule has 0 unspecified atom stereocenters. The van der Waals surface area contributed by atoms with Crippen molar-refractivity contribution in [1.29, 1.82) is 0 Å². The summed E-state index contributed by atoms with van der Waals surface area (Å²) >= 11 is 0. The highest BCUT2D eigenvalue weighted by atomic mass is 16.5. The van der Waals surface area contributed by atoms with Gasteiger partial charge in [-0.1, -0.05) is 47.6 Å². The molecule has 1 heterocycles. The fourth-order valence-electron chi connectivity index (χ4n) is 2.94. The molecule has 0 aliphatic rings. The predicted octanol–water partition coefficient (Wildman–Crippen LogP) is 4.25. The highest BCUT2D eigenvalue weighted by molar-refractivity contribution is 5.76. The molecule has 0 bridgehead atoms. The average molecular weight is 363 g/mol. The minimum absolute atomic E-state index is 0.0591. The van der Waals surface area contributed by atoms with Gasteiger partial charge in [-0.25, -0.2) is 0 Å². The average Bonchev–Trinajstić information content (AvgIpc) is 3.11. The van der Waals surface area contributed by atoms with E-state index < -0.39 is 0 Å². The van der Waals surface area contributed by atoms with Crippen molar-refractivity contribution in [2.45, 2.75) is 40.2 Å². The van der Waals surface area contributed by atoms with Crippen LogP contribution in [0, 0.1) is 20.8 Å². The van der Waals surface area contributed by atoms with Crippen molar-refractivity contribution in [2.24, 2.45) is 0 Å². The van der Waals surface area contributed by atoms with E-state index in [-0.39, 0.29) is 5.91 Å². The first-order chi connectivity index (χ1) is 12.9. The lowest BCUT2D eigenvalue weighted by Crippen LogP contribution is -2.26.